The van der Waals surface area contributed by atoms with E-state index in [-0.39, 0.29) is 18.1 Å². The van der Waals surface area contributed by atoms with E-state index in [4.69, 9.17) is 28.3 Å². The van der Waals surface area contributed by atoms with E-state index in [9.17, 15) is 18.8 Å². The molecular formula is C30H30Cl2FN3O4. The van der Waals surface area contributed by atoms with Gasteiger partial charge in [-0.1, -0.05) is 66.7 Å². The van der Waals surface area contributed by atoms with Gasteiger partial charge in [-0.25, -0.2) is 14.0 Å². The van der Waals surface area contributed by atoms with E-state index in [0.717, 1.165) is 5.56 Å². The van der Waals surface area contributed by atoms with Gasteiger partial charge in [0.2, 0.25) is 6.17 Å². The third kappa shape index (κ3) is 7.73. The van der Waals surface area contributed by atoms with Crippen LogP contribution in [-0.4, -0.2) is 35.7 Å². The maximum atomic E-state index is 13.5. The number of hydrogen-bond donors (Lipinski definition) is 3. The number of anilines is 2. The summed E-state index contributed by atoms with van der Waals surface area (Å²) in [4.78, 5) is 38.0. The fourth-order valence-electron chi connectivity index (χ4n) is 4.72. The highest BCUT2D eigenvalue weighted by atomic mass is 35.5. The summed E-state index contributed by atoms with van der Waals surface area (Å²) in [7, 11) is 0. The van der Waals surface area contributed by atoms with Gasteiger partial charge in [0.05, 0.1) is 23.1 Å². The number of hydrogen-bond acceptors (Lipinski definition) is 3. The number of nitrogens with one attached hydrogen (secondary N) is 2. The van der Waals surface area contributed by atoms with Gasteiger partial charge in [0.25, 0.3) is 5.91 Å². The van der Waals surface area contributed by atoms with Gasteiger partial charge >= 0.3 is 12.0 Å². The van der Waals surface area contributed by atoms with E-state index < -0.39 is 24.6 Å². The third-order valence-corrected chi connectivity index (χ3v) is 7.70. The molecule has 3 N–H and O–H groups in total. The van der Waals surface area contributed by atoms with Crippen molar-refractivity contribution in [2.75, 3.05) is 16.8 Å². The second-order valence-electron chi connectivity index (χ2n) is 9.78. The second kappa shape index (κ2) is 13.6. The third-order valence-electron chi connectivity index (χ3n) is 6.96. The topological polar surface area (TPSA) is 98.7 Å². The van der Waals surface area contributed by atoms with Gasteiger partial charge in [-0.15, -0.1) is 0 Å². The van der Waals surface area contributed by atoms with Crippen LogP contribution in [0.2, 0.25) is 10.0 Å². The highest BCUT2D eigenvalue weighted by Gasteiger charge is 2.21. The summed E-state index contributed by atoms with van der Waals surface area (Å²) in [5.41, 5.74) is 3.43. The molecule has 3 aromatic carbocycles. The van der Waals surface area contributed by atoms with Crippen LogP contribution in [0.5, 0.6) is 0 Å². The first kappa shape index (κ1) is 29.4. The first-order valence-corrected chi connectivity index (χ1v) is 13.8. The second-order valence-corrected chi connectivity index (χ2v) is 10.6. The maximum absolute atomic E-state index is 13.5. The van der Waals surface area contributed by atoms with E-state index in [0.29, 0.717) is 27.3 Å². The van der Waals surface area contributed by atoms with Crippen LogP contribution in [0.1, 0.15) is 59.5 Å². The first-order chi connectivity index (χ1) is 19.2. The predicted molar refractivity (Wildman–Crippen MR) is 155 cm³/mol. The number of rotatable bonds is 9. The van der Waals surface area contributed by atoms with Crippen LogP contribution < -0.4 is 15.5 Å². The van der Waals surface area contributed by atoms with Gasteiger partial charge in [-0.05, 0) is 72.4 Å². The van der Waals surface area contributed by atoms with Gasteiger partial charge < -0.3 is 15.7 Å². The highest BCUT2D eigenvalue weighted by molar-refractivity contribution is 6.42. The molecule has 1 saturated carbocycles. The summed E-state index contributed by atoms with van der Waals surface area (Å²) >= 11 is 12.1. The number of urea groups is 1. The van der Waals surface area contributed by atoms with Crippen molar-refractivity contribution in [1.29, 1.82) is 0 Å². The molecule has 1 aliphatic rings. The van der Waals surface area contributed by atoms with Crippen molar-refractivity contribution in [3.8, 4) is 0 Å². The average molecular weight is 586 g/mol. The van der Waals surface area contributed by atoms with E-state index in [1.807, 2.05) is 12.1 Å². The zero-order valence-electron chi connectivity index (χ0n) is 21.7. The predicted octanol–water partition coefficient (Wildman–Crippen LogP) is 7.43. The molecule has 0 bridgehead atoms. The smallest absolute Gasteiger partial charge is 0.340 e. The summed E-state index contributed by atoms with van der Waals surface area (Å²) < 4.78 is 13.3. The normalized spacial score (nSPS) is 14.3. The van der Waals surface area contributed by atoms with Crippen LogP contribution in [-0.2, 0) is 11.3 Å². The number of amides is 3. The van der Waals surface area contributed by atoms with Crippen molar-refractivity contribution in [1.82, 2.24) is 5.32 Å². The molecule has 1 fully saturated rings. The zero-order valence-corrected chi connectivity index (χ0v) is 23.2. The Balaban J connectivity index is 1.52. The lowest BCUT2D eigenvalue weighted by molar-refractivity contribution is -0.142. The van der Waals surface area contributed by atoms with Crippen LogP contribution in [0.15, 0.2) is 66.7 Å². The molecule has 1 aliphatic carbocycles. The Kier molecular flexibility index (Phi) is 10.0. The van der Waals surface area contributed by atoms with Crippen LogP contribution in [0, 0.1) is 0 Å². The summed E-state index contributed by atoms with van der Waals surface area (Å²) in [5, 5.41) is 14.5. The number of nitrogens with zero attached hydrogens (tertiary/aromatic N) is 1. The Bertz CT molecular complexity index is 1350. The Labute approximate surface area is 242 Å². The number of aliphatic carboxylic acids is 1. The Morgan fingerprint density at radius 3 is 2.23 bits per heavy atom. The van der Waals surface area contributed by atoms with E-state index in [1.165, 1.54) is 37.7 Å². The Morgan fingerprint density at radius 2 is 1.60 bits per heavy atom. The zero-order chi connectivity index (χ0) is 28.6. The molecule has 7 nitrogen and oxygen atoms in total. The number of carbonyl (C=O) groups is 3. The lowest BCUT2D eigenvalue weighted by atomic mass is 9.84. The SMILES string of the molecule is O=C(NCC(F)C(=O)O)c1ccc(CN(C(=O)Nc2ccc(Cl)c(Cl)c2)c2ccc(C3CCCCC3)cc2)cc1. The number of halogens is 3. The van der Waals surface area contributed by atoms with Crippen LogP contribution in [0.4, 0.5) is 20.6 Å². The highest BCUT2D eigenvalue weighted by Crippen LogP contribution is 2.34. The van der Waals surface area contributed by atoms with Crippen LogP contribution in [0.25, 0.3) is 0 Å². The number of benzene rings is 3. The summed E-state index contributed by atoms with van der Waals surface area (Å²) in [6.45, 7) is -0.432. The number of carboxylic acids is 1. The molecule has 0 saturated heterocycles. The molecule has 0 heterocycles. The summed E-state index contributed by atoms with van der Waals surface area (Å²) in [6.07, 6.45) is 3.89. The Hall–Kier alpha value is -3.62. The van der Waals surface area contributed by atoms with Crippen molar-refractivity contribution in [3.05, 3.63) is 93.5 Å². The minimum atomic E-state index is -2.18. The minimum absolute atomic E-state index is 0.198. The van der Waals surface area contributed by atoms with E-state index in [2.05, 4.69) is 22.8 Å². The molecule has 0 spiro atoms. The molecule has 3 aromatic rings. The molecule has 210 valence electrons. The van der Waals surface area contributed by atoms with E-state index >= 15 is 0 Å². The standard InChI is InChI=1S/C30H30Cl2FN3O4/c31-25-15-12-23(16-26(25)32)35-30(40)36(24-13-10-21(11-14-24)20-4-2-1-3-5-20)18-19-6-8-22(9-7-19)28(37)34-17-27(33)29(38)39/h6-16,20,27H,1-5,17-18H2,(H,34,37)(H,35,40)(H,38,39). The number of carboxylic acid groups (broad SMARTS) is 1. The molecule has 1 atom stereocenters. The molecule has 40 heavy (non-hydrogen) atoms. The Morgan fingerprint density at radius 1 is 0.925 bits per heavy atom. The van der Waals surface area contributed by atoms with Crippen LogP contribution in [0.3, 0.4) is 0 Å². The number of alkyl halides is 1. The molecule has 3 amide bonds. The summed E-state index contributed by atoms with van der Waals surface area (Å²) in [5.74, 6) is -1.70. The fourth-order valence-corrected chi connectivity index (χ4v) is 5.02. The van der Waals surface area contributed by atoms with Gasteiger partial charge in [0.1, 0.15) is 0 Å². The lowest BCUT2D eigenvalue weighted by Gasteiger charge is -2.26. The first-order valence-electron chi connectivity index (χ1n) is 13.1. The van der Waals surface area contributed by atoms with Crippen molar-refractivity contribution < 1.29 is 23.9 Å². The quantitative estimate of drug-likeness (QED) is 0.243. The largest absolute Gasteiger partial charge is 0.479 e. The maximum Gasteiger partial charge on any atom is 0.340 e. The molecule has 0 aliphatic heterocycles. The van der Waals surface area contributed by atoms with Gasteiger partial charge in [-0.2, -0.15) is 0 Å². The van der Waals surface area contributed by atoms with Crippen molar-refractivity contribution in [3.63, 3.8) is 0 Å². The van der Waals surface area contributed by atoms with Gasteiger partial charge in [-0.3, -0.25) is 9.69 Å². The van der Waals surface area contributed by atoms with Gasteiger partial charge in [0, 0.05) is 16.9 Å². The molecule has 4 rings (SSSR count). The monoisotopic (exact) mass is 585 g/mol. The fraction of sp³-hybridized carbons (Fsp3) is 0.300. The molecule has 0 radical (unpaired) electrons. The van der Waals surface area contributed by atoms with Crippen LogP contribution >= 0.6 is 23.2 Å². The minimum Gasteiger partial charge on any atom is -0.479 e. The van der Waals surface area contributed by atoms with Gasteiger partial charge in [0.15, 0.2) is 0 Å². The van der Waals surface area contributed by atoms with Crippen molar-refractivity contribution in [2.24, 2.45) is 0 Å². The molecule has 0 aromatic heterocycles. The molecule has 1 unspecified atom stereocenters. The lowest BCUT2D eigenvalue weighted by Crippen LogP contribution is -2.35. The summed E-state index contributed by atoms with van der Waals surface area (Å²) in [6, 6.07) is 19.0. The average Bonchev–Trinajstić information content (AvgIpc) is 2.97. The van der Waals surface area contributed by atoms with Crippen molar-refractivity contribution in [2.45, 2.75) is 50.7 Å². The van der Waals surface area contributed by atoms with E-state index in [1.54, 1.807) is 47.4 Å². The molecular weight excluding hydrogens is 556 g/mol. The molecule has 10 heteroatoms. The van der Waals surface area contributed by atoms with Crippen molar-refractivity contribution >= 4 is 52.5 Å². The number of carbonyl (C=O) groups excluding carboxylic acids is 2.